The Balaban J connectivity index is 1.73. The predicted octanol–water partition coefficient (Wildman–Crippen LogP) is 2.76. The normalized spacial score (nSPS) is 15.4. The maximum Gasteiger partial charge on any atom is 0.246 e. The quantitative estimate of drug-likeness (QED) is 0.658. The smallest absolute Gasteiger partial charge is 0.246 e. The molecule has 28 heavy (non-hydrogen) atoms. The summed E-state index contributed by atoms with van der Waals surface area (Å²) in [5.74, 6) is 0.182. The number of amides is 1. The predicted molar refractivity (Wildman–Crippen MR) is 110 cm³/mol. The summed E-state index contributed by atoms with van der Waals surface area (Å²) < 4.78 is 33.5. The van der Waals surface area contributed by atoms with Gasteiger partial charge in [-0.15, -0.1) is 10.2 Å². The number of methoxy groups -OCH3 is 1. The number of nitrogens with zero attached hydrogens (tertiary/aromatic N) is 3. The molecule has 0 unspecified atom stereocenters. The van der Waals surface area contributed by atoms with Crippen LogP contribution < -0.4 is 10.1 Å². The number of sulfonamides is 1. The standard InChI is InChI=1S/C17H22N4O4S3/c1-12-19-20-17(27-12)26-11-16(22)18-13-6-7-14(25-2)15(10-13)28(23,24)21-8-4-3-5-9-21/h6-7,10H,3-5,8-9,11H2,1-2H3,(H,18,22). The summed E-state index contributed by atoms with van der Waals surface area (Å²) in [7, 11) is -2.25. The van der Waals surface area contributed by atoms with E-state index in [1.807, 2.05) is 6.92 Å². The third-order valence-electron chi connectivity index (χ3n) is 4.21. The molecule has 0 radical (unpaired) electrons. The van der Waals surface area contributed by atoms with Crippen LogP contribution in [0.15, 0.2) is 27.4 Å². The molecule has 152 valence electrons. The first-order valence-corrected chi connectivity index (χ1v) is 12.1. The lowest BCUT2D eigenvalue weighted by Gasteiger charge is -2.26. The van der Waals surface area contributed by atoms with Gasteiger partial charge in [-0.25, -0.2) is 8.42 Å². The Morgan fingerprint density at radius 3 is 2.68 bits per heavy atom. The first-order valence-electron chi connectivity index (χ1n) is 8.81. The minimum Gasteiger partial charge on any atom is -0.495 e. The summed E-state index contributed by atoms with van der Waals surface area (Å²) in [4.78, 5) is 12.3. The fraction of sp³-hybridized carbons (Fsp3) is 0.471. The molecule has 8 nitrogen and oxygen atoms in total. The summed E-state index contributed by atoms with van der Waals surface area (Å²) in [6, 6.07) is 4.65. The Kier molecular flexibility index (Phi) is 6.91. The number of benzene rings is 1. The van der Waals surface area contributed by atoms with Gasteiger partial charge in [0.25, 0.3) is 0 Å². The van der Waals surface area contributed by atoms with Crippen LogP contribution in [-0.2, 0) is 14.8 Å². The van der Waals surface area contributed by atoms with Gasteiger partial charge < -0.3 is 10.1 Å². The van der Waals surface area contributed by atoms with Crippen LogP contribution in [0.25, 0.3) is 0 Å². The van der Waals surface area contributed by atoms with Gasteiger partial charge in [0.05, 0.1) is 12.9 Å². The van der Waals surface area contributed by atoms with Gasteiger partial charge in [-0.1, -0.05) is 29.5 Å². The SMILES string of the molecule is COc1ccc(NC(=O)CSc2nnc(C)s2)cc1S(=O)(=O)N1CCCCC1. The van der Waals surface area contributed by atoms with Gasteiger partial charge >= 0.3 is 0 Å². The van der Waals surface area contributed by atoms with Crippen LogP contribution in [0.5, 0.6) is 5.75 Å². The van der Waals surface area contributed by atoms with E-state index in [2.05, 4.69) is 15.5 Å². The molecule has 1 aliphatic heterocycles. The van der Waals surface area contributed by atoms with Gasteiger partial charge in [0.1, 0.15) is 15.7 Å². The van der Waals surface area contributed by atoms with E-state index >= 15 is 0 Å². The van der Waals surface area contributed by atoms with Crippen LogP contribution in [0.2, 0.25) is 0 Å². The van der Waals surface area contributed by atoms with E-state index in [0.717, 1.165) is 28.6 Å². The second-order valence-corrected chi connectivity index (χ2v) is 10.6. The lowest BCUT2D eigenvalue weighted by Crippen LogP contribution is -2.35. The van der Waals surface area contributed by atoms with Crippen molar-refractivity contribution in [3.63, 3.8) is 0 Å². The maximum atomic E-state index is 13.0. The Labute approximate surface area is 172 Å². The van der Waals surface area contributed by atoms with Gasteiger partial charge in [-0.05, 0) is 38.0 Å². The second-order valence-electron chi connectivity index (χ2n) is 6.25. The van der Waals surface area contributed by atoms with Crippen LogP contribution in [0.3, 0.4) is 0 Å². The largest absolute Gasteiger partial charge is 0.495 e. The molecule has 1 amide bonds. The van der Waals surface area contributed by atoms with Crippen molar-refractivity contribution in [2.24, 2.45) is 0 Å². The van der Waals surface area contributed by atoms with E-state index in [1.54, 1.807) is 12.1 Å². The van der Waals surface area contributed by atoms with Gasteiger partial charge in [0.2, 0.25) is 15.9 Å². The van der Waals surface area contributed by atoms with Crippen molar-refractivity contribution in [3.05, 3.63) is 23.2 Å². The lowest BCUT2D eigenvalue weighted by atomic mass is 10.2. The van der Waals surface area contributed by atoms with Crippen LogP contribution in [0.1, 0.15) is 24.3 Å². The Morgan fingerprint density at radius 1 is 1.29 bits per heavy atom. The van der Waals surface area contributed by atoms with Crippen LogP contribution >= 0.6 is 23.1 Å². The zero-order valence-corrected chi connectivity index (χ0v) is 18.1. The highest BCUT2D eigenvalue weighted by atomic mass is 32.2. The average Bonchev–Trinajstić information content (AvgIpc) is 3.12. The minimum absolute atomic E-state index is 0.0714. The monoisotopic (exact) mass is 442 g/mol. The number of hydrogen-bond acceptors (Lipinski definition) is 8. The third-order valence-corrected chi connectivity index (χ3v) is 8.11. The molecule has 1 aliphatic rings. The highest BCUT2D eigenvalue weighted by Gasteiger charge is 2.29. The molecule has 1 aromatic carbocycles. The number of carbonyl (C=O) groups is 1. The average molecular weight is 443 g/mol. The summed E-state index contributed by atoms with van der Waals surface area (Å²) >= 11 is 2.71. The van der Waals surface area contributed by atoms with Crippen LogP contribution in [0, 0.1) is 6.92 Å². The van der Waals surface area contributed by atoms with Gasteiger partial charge in [-0.3, -0.25) is 4.79 Å². The summed E-state index contributed by atoms with van der Waals surface area (Å²) in [5, 5.41) is 11.5. The summed E-state index contributed by atoms with van der Waals surface area (Å²) in [5.41, 5.74) is 0.412. The molecule has 11 heteroatoms. The number of anilines is 1. The fourth-order valence-electron chi connectivity index (χ4n) is 2.86. The number of rotatable bonds is 7. The number of ether oxygens (including phenoxy) is 1. The number of hydrogen-bond donors (Lipinski definition) is 1. The van der Waals surface area contributed by atoms with Crippen molar-refractivity contribution < 1.29 is 17.9 Å². The molecule has 3 rings (SSSR count). The minimum atomic E-state index is -3.68. The van der Waals surface area contributed by atoms with E-state index in [4.69, 9.17) is 4.74 Å². The van der Waals surface area contributed by atoms with E-state index in [9.17, 15) is 13.2 Å². The van der Waals surface area contributed by atoms with Crippen molar-refractivity contribution in [3.8, 4) is 5.75 Å². The molecule has 1 fully saturated rings. The molecule has 2 aromatic rings. The van der Waals surface area contributed by atoms with Crippen molar-refractivity contribution in [1.29, 1.82) is 0 Å². The first kappa shape index (κ1) is 21.0. The number of aromatic nitrogens is 2. The molecule has 0 atom stereocenters. The third kappa shape index (κ3) is 5.02. The van der Waals surface area contributed by atoms with Crippen molar-refractivity contribution in [2.75, 3.05) is 31.3 Å². The van der Waals surface area contributed by atoms with E-state index in [-0.39, 0.29) is 22.3 Å². The molecule has 1 saturated heterocycles. The number of aryl methyl sites for hydroxylation is 1. The van der Waals surface area contributed by atoms with Crippen molar-refractivity contribution in [1.82, 2.24) is 14.5 Å². The molecule has 0 aliphatic carbocycles. The highest BCUT2D eigenvalue weighted by molar-refractivity contribution is 8.01. The fourth-order valence-corrected chi connectivity index (χ4v) is 6.18. The summed E-state index contributed by atoms with van der Waals surface area (Å²) in [6.45, 7) is 2.85. The molecule has 2 heterocycles. The van der Waals surface area contributed by atoms with Crippen molar-refractivity contribution in [2.45, 2.75) is 35.4 Å². The van der Waals surface area contributed by atoms with Crippen LogP contribution in [0.4, 0.5) is 5.69 Å². The molecule has 0 bridgehead atoms. The van der Waals surface area contributed by atoms with E-state index in [1.165, 1.54) is 40.6 Å². The molecular weight excluding hydrogens is 420 g/mol. The molecule has 0 spiro atoms. The number of carbonyl (C=O) groups excluding carboxylic acids is 1. The maximum absolute atomic E-state index is 13.0. The topological polar surface area (TPSA) is 101 Å². The Hall–Kier alpha value is -1.69. The van der Waals surface area contributed by atoms with Crippen molar-refractivity contribution >= 4 is 44.7 Å². The Morgan fingerprint density at radius 2 is 2.04 bits per heavy atom. The number of nitrogens with one attached hydrogen (secondary N) is 1. The summed E-state index contributed by atoms with van der Waals surface area (Å²) in [6.07, 6.45) is 2.73. The first-order chi connectivity index (χ1) is 13.4. The van der Waals surface area contributed by atoms with Gasteiger partial charge in [0.15, 0.2) is 4.34 Å². The Bertz CT molecular complexity index is 940. The zero-order valence-electron chi connectivity index (χ0n) is 15.7. The van der Waals surface area contributed by atoms with Gasteiger partial charge in [0, 0.05) is 18.8 Å². The molecule has 1 N–H and O–H groups in total. The number of piperidine rings is 1. The van der Waals surface area contributed by atoms with Crippen LogP contribution in [-0.4, -0.2) is 54.8 Å². The molecule has 0 saturated carbocycles. The van der Waals surface area contributed by atoms with E-state index < -0.39 is 10.0 Å². The number of thioether (sulfide) groups is 1. The van der Waals surface area contributed by atoms with E-state index in [0.29, 0.717) is 18.8 Å². The molecule has 1 aromatic heterocycles. The lowest BCUT2D eigenvalue weighted by molar-refractivity contribution is -0.113. The zero-order chi connectivity index (χ0) is 20.1. The molecular formula is C17H22N4O4S3. The highest BCUT2D eigenvalue weighted by Crippen LogP contribution is 2.31. The van der Waals surface area contributed by atoms with Gasteiger partial charge in [-0.2, -0.15) is 4.31 Å². The second kappa shape index (κ2) is 9.21.